The fraction of sp³-hybridized carbons (Fsp3) is 0.529. The molecule has 26 heavy (non-hydrogen) atoms. The number of benzene rings is 1. The van der Waals surface area contributed by atoms with Crippen LogP contribution >= 0.6 is 0 Å². The molecular formula is C17H21FN4O3S. The van der Waals surface area contributed by atoms with Crippen LogP contribution in [-0.4, -0.2) is 60.0 Å². The molecule has 0 radical (unpaired) electrons. The first-order valence-corrected chi connectivity index (χ1v) is 10.6. The Morgan fingerprint density at radius 1 is 1.27 bits per heavy atom. The average molecular weight is 380 g/mol. The van der Waals surface area contributed by atoms with Crippen molar-refractivity contribution < 1.29 is 17.6 Å². The number of nitrogens with zero attached hydrogens (tertiary/aromatic N) is 2. The van der Waals surface area contributed by atoms with Crippen molar-refractivity contribution in [2.75, 3.05) is 24.6 Å². The van der Waals surface area contributed by atoms with E-state index < -0.39 is 9.84 Å². The zero-order valence-corrected chi connectivity index (χ0v) is 15.1. The van der Waals surface area contributed by atoms with Crippen LogP contribution in [0.4, 0.5) is 9.18 Å². The monoisotopic (exact) mass is 380 g/mol. The lowest BCUT2D eigenvalue weighted by Gasteiger charge is -2.32. The van der Waals surface area contributed by atoms with Crippen molar-refractivity contribution in [3.8, 4) is 0 Å². The molecular weight excluding hydrogens is 359 g/mol. The van der Waals surface area contributed by atoms with E-state index in [4.69, 9.17) is 0 Å². The zero-order valence-electron chi connectivity index (χ0n) is 14.2. The van der Waals surface area contributed by atoms with Gasteiger partial charge in [0.15, 0.2) is 9.84 Å². The number of H-pyrrole nitrogens is 1. The van der Waals surface area contributed by atoms with Gasteiger partial charge in [-0.2, -0.15) is 0 Å². The summed E-state index contributed by atoms with van der Waals surface area (Å²) in [7, 11) is -3.00. The number of hydrogen-bond donors (Lipinski definition) is 2. The molecule has 0 aliphatic carbocycles. The fourth-order valence-electron chi connectivity index (χ4n) is 3.73. The largest absolute Gasteiger partial charge is 0.342 e. The normalized spacial score (nSPS) is 23.4. The standard InChI is InChI=1S/C17H21FN4O3S/c18-12-1-2-14-15(9-12)21-16(20-14)11-3-6-22(7-4-11)17(23)19-13-5-8-26(24,25)10-13/h1-2,9,11,13H,3-8,10H2,(H,19,23)(H,20,21)/t13-/m1/s1. The third kappa shape index (κ3) is 3.53. The van der Waals surface area contributed by atoms with Gasteiger partial charge in [-0.1, -0.05) is 0 Å². The third-order valence-electron chi connectivity index (χ3n) is 5.19. The lowest BCUT2D eigenvalue weighted by Crippen LogP contribution is -2.48. The van der Waals surface area contributed by atoms with Crippen molar-refractivity contribution in [3.05, 3.63) is 29.8 Å². The predicted octanol–water partition coefficient (Wildman–Crippen LogP) is 1.78. The SMILES string of the molecule is O=C(N[C@@H]1CCS(=O)(=O)C1)N1CCC(c2nc3ccc(F)cc3[nH]2)CC1. The second kappa shape index (κ2) is 6.53. The molecule has 1 aromatic carbocycles. The first-order valence-electron chi connectivity index (χ1n) is 8.81. The molecule has 2 saturated heterocycles. The lowest BCUT2D eigenvalue weighted by atomic mass is 9.96. The molecule has 2 aromatic rings. The van der Waals surface area contributed by atoms with E-state index >= 15 is 0 Å². The molecule has 2 N–H and O–H groups in total. The summed E-state index contributed by atoms with van der Waals surface area (Å²) < 4.78 is 36.3. The Morgan fingerprint density at radius 3 is 2.73 bits per heavy atom. The topological polar surface area (TPSA) is 95.2 Å². The Kier molecular flexibility index (Phi) is 4.34. The molecule has 2 aliphatic rings. The number of aromatic amines is 1. The molecule has 9 heteroatoms. The summed E-state index contributed by atoms with van der Waals surface area (Å²) in [6, 6.07) is 4.00. The quantitative estimate of drug-likeness (QED) is 0.830. The van der Waals surface area contributed by atoms with Gasteiger partial charge in [-0.25, -0.2) is 22.6 Å². The molecule has 2 aliphatic heterocycles. The second-order valence-electron chi connectivity index (χ2n) is 7.09. The van der Waals surface area contributed by atoms with E-state index in [1.165, 1.54) is 12.1 Å². The minimum Gasteiger partial charge on any atom is -0.342 e. The smallest absolute Gasteiger partial charge is 0.317 e. The molecule has 4 rings (SSSR count). The van der Waals surface area contributed by atoms with Crippen molar-refractivity contribution in [1.29, 1.82) is 0 Å². The van der Waals surface area contributed by atoms with Gasteiger partial charge in [-0.3, -0.25) is 0 Å². The average Bonchev–Trinajstić information content (AvgIpc) is 3.17. The molecule has 2 amide bonds. The number of urea groups is 1. The molecule has 3 heterocycles. The van der Waals surface area contributed by atoms with Crippen LogP contribution in [0.1, 0.15) is 31.0 Å². The molecule has 2 fully saturated rings. The Hall–Kier alpha value is -2.16. The van der Waals surface area contributed by atoms with Crippen LogP contribution in [-0.2, 0) is 9.84 Å². The van der Waals surface area contributed by atoms with E-state index in [2.05, 4.69) is 15.3 Å². The summed E-state index contributed by atoms with van der Waals surface area (Å²) in [6.45, 7) is 1.17. The highest BCUT2D eigenvalue weighted by Gasteiger charge is 2.31. The minimum absolute atomic E-state index is 0.0325. The lowest BCUT2D eigenvalue weighted by molar-refractivity contribution is 0.177. The molecule has 0 bridgehead atoms. The Balaban J connectivity index is 1.35. The van der Waals surface area contributed by atoms with Gasteiger partial charge >= 0.3 is 6.03 Å². The number of aromatic nitrogens is 2. The first kappa shape index (κ1) is 17.3. The number of piperidine rings is 1. The van der Waals surface area contributed by atoms with Crippen LogP contribution < -0.4 is 5.32 Å². The summed E-state index contributed by atoms with van der Waals surface area (Å²) in [6.07, 6.45) is 2.01. The van der Waals surface area contributed by atoms with E-state index in [9.17, 15) is 17.6 Å². The summed E-state index contributed by atoms with van der Waals surface area (Å²) in [5.74, 6) is 0.902. The van der Waals surface area contributed by atoms with Gasteiger partial charge in [0.25, 0.3) is 0 Å². The van der Waals surface area contributed by atoms with Gasteiger partial charge in [-0.15, -0.1) is 0 Å². The number of carbonyl (C=O) groups excluding carboxylic acids is 1. The van der Waals surface area contributed by atoms with E-state index in [0.29, 0.717) is 25.0 Å². The van der Waals surface area contributed by atoms with Crippen LogP contribution in [0.25, 0.3) is 11.0 Å². The number of sulfone groups is 1. The highest BCUT2D eigenvalue weighted by atomic mass is 32.2. The summed E-state index contributed by atoms with van der Waals surface area (Å²) in [5.41, 5.74) is 1.42. The van der Waals surface area contributed by atoms with Crippen molar-refractivity contribution in [2.24, 2.45) is 0 Å². The van der Waals surface area contributed by atoms with Gasteiger partial charge < -0.3 is 15.2 Å². The molecule has 0 spiro atoms. The van der Waals surface area contributed by atoms with E-state index in [1.807, 2.05) is 0 Å². The second-order valence-corrected chi connectivity index (χ2v) is 9.32. The summed E-state index contributed by atoms with van der Waals surface area (Å²) in [5, 5.41) is 2.83. The number of imidazole rings is 1. The number of fused-ring (bicyclic) bond motifs is 1. The number of rotatable bonds is 2. The van der Waals surface area contributed by atoms with Crippen LogP contribution in [0.15, 0.2) is 18.2 Å². The maximum atomic E-state index is 13.3. The van der Waals surface area contributed by atoms with Crippen LogP contribution in [0.3, 0.4) is 0 Å². The molecule has 0 saturated carbocycles. The highest BCUT2D eigenvalue weighted by Crippen LogP contribution is 2.28. The molecule has 1 aromatic heterocycles. The van der Waals surface area contributed by atoms with Gasteiger partial charge in [0, 0.05) is 25.0 Å². The van der Waals surface area contributed by atoms with Crippen LogP contribution in [0, 0.1) is 5.82 Å². The minimum atomic E-state index is -3.00. The number of nitrogens with one attached hydrogen (secondary N) is 2. The van der Waals surface area contributed by atoms with Gasteiger partial charge in [0.05, 0.1) is 22.5 Å². The number of carbonyl (C=O) groups is 1. The fourth-order valence-corrected chi connectivity index (χ4v) is 5.40. The molecule has 1 atom stereocenters. The van der Waals surface area contributed by atoms with Crippen LogP contribution in [0.5, 0.6) is 0 Å². The summed E-state index contributed by atoms with van der Waals surface area (Å²) in [4.78, 5) is 21.8. The number of amides is 2. The van der Waals surface area contributed by atoms with Crippen LogP contribution in [0.2, 0.25) is 0 Å². The Labute approximate surface area is 150 Å². The molecule has 7 nitrogen and oxygen atoms in total. The zero-order chi connectivity index (χ0) is 18.3. The van der Waals surface area contributed by atoms with E-state index in [-0.39, 0.29) is 35.3 Å². The Bertz CT molecular complexity index is 935. The highest BCUT2D eigenvalue weighted by molar-refractivity contribution is 7.91. The number of hydrogen-bond acceptors (Lipinski definition) is 4. The summed E-state index contributed by atoms with van der Waals surface area (Å²) >= 11 is 0. The van der Waals surface area contributed by atoms with E-state index in [0.717, 1.165) is 24.2 Å². The maximum Gasteiger partial charge on any atom is 0.317 e. The van der Waals surface area contributed by atoms with Crippen molar-refractivity contribution in [1.82, 2.24) is 20.2 Å². The molecule has 140 valence electrons. The molecule has 0 unspecified atom stereocenters. The number of halogens is 1. The predicted molar refractivity (Wildman–Crippen MR) is 95.2 cm³/mol. The first-order chi connectivity index (χ1) is 12.4. The third-order valence-corrected chi connectivity index (χ3v) is 6.96. The van der Waals surface area contributed by atoms with Crippen molar-refractivity contribution in [2.45, 2.75) is 31.2 Å². The maximum absolute atomic E-state index is 13.3. The van der Waals surface area contributed by atoms with Crippen molar-refractivity contribution in [3.63, 3.8) is 0 Å². The van der Waals surface area contributed by atoms with Gasteiger partial charge in [0.1, 0.15) is 11.6 Å². The van der Waals surface area contributed by atoms with Crippen molar-refractivity contribution >= 4 is 26.9 Å². The van der Waals surface area contributed by atoms with Gasteiger partial charge in [0.2, 0.25) is 0 Å². The Morgan fingerprint density at radius 2 is 2.04 bits per heavy atom. The number of likely N-dealkylation sites (tertiary alicyclic amines) is 1. The van der Waals surface area contributed by atoms with E-state index in [1.54, 1.807) is 11.0 Å². The van der Waals surface area contributed by atoms with Gasteiger partial charge in [-0.05, 0) is 37.5 Å².